The van der Waals surface area contributed by atoms with Crippen LogP contribution in [0.3, 0.4) is 0 Å². The number of nitrogens with zero attached hydrogens (tertiary/aromatic N) is 2. The molecule has 0 unspecified atom stereocenters. The number of esters is 1. The third-order valence-corrected chi connectivity index (χ3v) is 6.75. The Kier molecular flexibility index (Phi) is 5.88. The van der Waals surface area contributed by atoms with Crippen LogP contribution >= 0.6 is 0 Å². The average molecular weight is 418 g/mol. The van der Waals surface area contributed by atoms with Crippen molar-refractivity contribution >= 4 is 17.7 Å². The number of ketones is 1. The lowest BCUT2D eigenvalue weighted by Gasteiger charge is -2.46. The molecule has 3 aliphatic heterocycles. The van der Waals surface area contributed by atoms with Gasteiger partial charge in [-0.25, -0.2) is 4.39 Å². The second kappa shape index (κ2) is 8.43. The highest BCUT2D eigenvalue weighted by Gasteiger charge is 2.62. The molecule has 1 amide bonds. The first-order valence-corrected chi connectivity index (χ1v) is 10.4. The molecule has 0 saturated carbocycles. The fraction of sp³-hybridized carbons (Fsp3) is 0.591. The maximum absolute atomic E-state index is 13.3. The second-order valence-electron chi connectivity index (χ2n) is 8.31. The summed E-state index contributed by atoms with van der Waals surface area (Å²) in [5.74, 6) is -1.37. The van der Waals surface area contributed by atoms with Gasteiger partial charge < -0.3 is 14.4 Å². The zero-order valence-corrected chi connectivity index (χ0v) is 17.1. The normalized spacial score (nSPS) is 29.1. The topological polar surface area (TPSA) is 76.1 Å². The van der Waals surface area contributed by atoms with Crippen molar-refractivity contribution in [2.45, 2.75) is 44.3 Å². The van der Waals surface area contributed by atoms with Gasteiger partial charge in [0.2, 0.25) is 5.91 Å². The van der Waals surface area contributed by atoms with Crippen LogP contribution in [-0.2, 0) is 30.4 Å². The van der Waals surface area contributed by atoms with Crippen LogP contribution in [0.2, 0.25) is 0 Å². The van der Waals surface area contributed by atoms with Crippen molar-refractivity contribution in [1.29, 1.82) is 0 Å². The van der Waals surface area contributed by atoms with Crippen LogP contribution in [0.15, 0.2) is 24.3 Å². The van der Waals surface area contributed by atoms with Crippen molar-refractivity contribution in [2.75, 3.05) is 33.4 Å². The Bertz CT molecular complexity index is 823. The summed E-state index contributed by atoms with van der Waals surface area (Å²) in [7, 11) is 1.27. The molecule has 162 valence electrons. The van der Waals surface area contributed by atoms with Crippen LogP contribution in [0.4, 0.5) is 4.39 Å². The van der Waals surface area contributed by atoms with Gasteiger partial charge >= 0.3 is 5.97 Å². The number of rotatable bonds is 5. The molecule has 2 bridgehead atoms. The van der Waals surface area contributed by atoms with Gasteiger partial charge in [0.25, 0.3) is 0 Å². The fourth-order valence-corrected chi connectivity index (χ4v) is 5.19. The van der Waals surface area contributed by atoms with E-state index < -0.39 is 17.4 Å². The molecule has 7 nitrogen and oxygen atoms in total. The number of fused-ring (bicyclic) bond motifs is 2. The van der Waals surface area contributed by atoms with Gasteiger partial charge in [-0.3, -0.25) is 19.3 Å². The summed E-state index contributed by atoms with van der Waals surface area (Å²) in [6.45, 7) is 2.31. The smallest absolute Gasteiger partial charge is 0.321 e. The van der Waals surface area contributed by atoms with Crippen LogP contribution in [0, 0.1) is 11.2 Å². The number of piperidine rings is 1. The van der Waals surface area contributed by atoms with Crippen LogP contribution in [0.25, 0.3) is 0 Å². The Morgan fingerprint density at radius 3 is 2.57 bits per heavy atom. The molecule has 3 atom stereocenters. The number of hydrogen-bond acceptors (Lipinski definition) is 6. The fourth-order valence-electron chi connectivity index (χ4n) is 5.19. The molecule has 3 heterocycles. The van der Waals surface area contributed by atoms with Gasteiger partial charge in [0.1, 0.15) is 5.82 Å². The average Bonchev–Trinajstić information content (AvgIpc) is 3.08. The van der Waals surface area contributed by atoms with E-state index >= 15 is 0 Å². The molecule has 0 N–H and O–H groups in total. The SMILES string of the molecule is COC(=O)[C@]1(CC(=O)N2CCOCC2)C(=O)C[C@H]2CC[C@@H]1N2Cc1ccc(F)cc1. The van der Waals surface area contributed by atoms with Gasteiger partial charge in [0, 0.05) is 38.1 Å². The predicted molar refractivity (Wildman–Crippen MR) is 105 cm³/mol. The molecule has 3 saturated heterocycles. The molecule has 0 spiro atoms. The molecule has 3 fully saturated rings. The number of morpholine rings is 1. The number of ether oxygens (including phenoxy) is 2. The summed E-state index contributed by atoms with van der Waals surface area (Å²) >= 11 is 0. The number of carbonyl (C=O) groups is 3. The van der Waals surface area contributed by atoms with Gasteiger partial charge in [0.15, 0.2) is 11.2 Å². The van der Waals surface area contributed by atoms with Gasteiger partial charge in [-0.1, -0.05) is 12.1 Å². The summed E-state index contributed by atoms with van der Waals surface area (Å²) in [5, 5.41) is 0. The van der Waals surface area contributed by atoms with Crippen molar-refractivity contribution in [2.24, 2.45) is 5.41 Å². The monoisotopic (exact) mass is 418 g/mol. The van der Waals surface area contributed by atoms with Gasteiger partial charge in [0.05, 0.1) is 26.7 Å². The highest BCUT2D eigenvalue weighted by atomic mass is 19.1. The lowest BCUT2D eigenvalue weighted by atomic mass is 9.69. The van der Waals surface area contributed by atoms with Crippen molar-refractivity contribution < 1.29 is 28.2 Å². The minimum atomic E-state index is -1.50. The molecule has 3 aliphatic rings. The summed E-state index contributed by atoms with van der Waals surface area (Å²) in [6, 6.07) is 5.84. The van der Waals surface area contributed by atoms with E-state index in [1.165, 1.54) is 19.2 Å². The number of benzene rings is 1. The Morgan fingerprint density at radius 2 is 1.90 bits per heavy atom. The van der Waals surface area contributed by atoms with Gasteiger partial charge in [-0.05, 0) is 30.5 Å². The van der Waals surface area contributed by atoms with Crippen LogP contribution in [-0.4, -0.2) is 73.0 Å². The van der Waals surface area contributed by atoms with Crippen molar-refractivity contribution in [3.8, 4) is 0 Å². The maximum Gasteiger partial charge on any atom is 0.321 e. The molecule has 0 aromatic heterocycles. The van der Waals surface area contributed by atoms with E-state index in [4.69, 9.17) is 9.47 Å². The Balaban J connectivity index is 1.63. The first-order chi connectivity index (χ1) is 14.5. The van der Waals surface area contributed by atoms with E-state index in [9.17, 15) is 18.8 Å². The highest BCUT2D eigenvalue weighted by Crippen LogP contribution is 2.48. The summed E-state index contributed by atoms with van der Waals surface area (Å²) in [5.41, 5.74) is -0.599. The lowest BCUT2D eigenvalue weighted by molar-refractivity contribution is -0.171. The molecule has 1 aromatic rings. The van der Waals surface area contributed by atoms with Crippen LogP contribution < -0.4 is 0 Å². The first kappa shape index (κ1) is 20.9. The molecule has 0 radical (unpaired) electrons. The molecular formula is C22H27FN2O5. The highest BCUT2D eigenvalue weighted by molar-refractivity contribution is 6.08. The number of amides is 1. The number of halogens is 1. The largest absolute Gasteiger partial charge is 0.468 e. The zero-order chi connectivity index (χ0) is 21.3. The molecular weight excluding hydrogens is 391 g/mol. The third kappa shape index (κ3) is 3.63. The summed E-state index contributed by atoms with van der Waals surface area (Å²) < 4.78 is 23.7. The molecule has 30 heavy (non-hydrogen) atoms. The molecule has 1 aromatic carbocycles. The van der Waals surface area contributed by atoms with E-state index in [0.29, 0.717) is 39.3 Å². The van der Waals surface area contributed by atoms with E-state index in [-0.39, 0.29) is 36.4 Å². The Labute approximate surface area is 175 Å². The number of Topliss-reactive ketones (excluding diaryl/α,β-unsaturated/α-hetero) is 1. The molecule has 0 aliphatic carbocycles. The standard InChI is InChI=1S/C22H27FN2O5/c1-29-21(28)22(13-20(27)24-8-10-30-11-9-24)18-7-6-17(12-19(22)26)25(18)14-15-2-4-16(23)5-3-15/h2-5,17-18H,6-14H2,1H3/t17-,18+,22+/m1/s1. The van der Waals surface area contributed by atoms with E-state index in [1.807, 2.05) is 0 Å². The van der Waals surface area contributed by atoms with Gasteiger partial charge in [-0.2, -0.15) is 0 Å². The van der Waals surface area contributed by atoms with E-state index in [2.05, 4.69) is 4.90 Å². The Hall–Kier alpha value is -2.32. The molecule has 4 rings (SSSR count). The second-order valence-corrected chi connectivity index (χ2v) is 8.31. The van der Waals surface area contributed by atoms with Crippen molar-refractivity contribution in [1.82, 2.24) is 9.80 Å². The van der Waals surface area contributed by atoms with Gasteiger partial charge in [-0.15, -0.1) is 0 Å². The van der Waals surface area contributed by atoms with Crippen LogP contribution in [0.5, 0.6) is 0 Å². The minimum absolute atomic E-state index is 0.0174. The third-order valence-electron chi connectivity index (χ3n) is 6.75. The van der Waals surface area contributed by atoms with Crippen molar-refractivity contribution in [3.05, 3.63) is 35.6 Å². The lowest BCUT2D eigenvalue weighted by Crippen LogP contribution is -2.61. The number of hydrogen-bond donors (Lipinski definition) is 0. The van der Waals surface area contributed by atoms with E-state index in [0.717, 1.165) is 12.0 Å². The predicted octanol–water partition coefficient (Wildman–Crippen LogP) is 1.54. The van der Waals surface area contributed by atoms with E-state index in [1.54, 1.807) is 17.0 Å². The number of carbonyl (C=O) groups excluding carboxylic acids is 3. The van der Waals surface area contributed by atoms with Crippen molar-refractivity contribution in [3.63, 3.8) is 0 Å². The number of methoxy groups -OCH3 is 1. The summed E-state index contributed by atoms with van der Waals surface area (Å²) in [4.78, 5) is 43.2. The minimum Gasteiger partial charge on any atom is -0.468 e. The maximum atomic E-state index is 13.3. The molecule has 8 heteroatoms. The van der Waals surface area contributed by atoms with Crippen LogP contribution in [0.1, 0.15) is 31.2 Å². The zero-order valence-electron chi connectivity index (χ0n) is 17.1. The first-order valence-electron chi connectivity index (χ1n) is 10.4. The Morgan fingerprint density at radius 1 is 1.20 bits per heavy atom. The summed E-state index contributed by atoms with van der Waals surface area (Å²) in [6.07, 6.45) is 1.45. The quantitative estimate of drug-likeness (QED) is 0.533.